The summed E-state index contributed by atoms with van der Waals surface area (Å²) < 4.78 is 6.17. The molecule has 3 aromatic carbocycles. The van der Waals surface area contributed by atoms with Crippen LogP contribution < -0.4 is 21.3 Å². The number of fused-ring (bicyclic) bond motifs is 1. The van der Waals surface area contributed by atoms with Crippen molar-refractivity contribution in [2.24, 2.45) is 5.84 Å². The Balaban J connectivity index is 1.92. The predicted octanol–water partition coefficient (Wildman–Crippen LogP) is 4.49. The minimum atomic E-state index is 0.192. The van der Waals surface area contributed by atoms with Crippen LogP contribution in [0.25, 0.3) is 11.1 Å². The second-order valence-corrected chi connectivity index (χ2v) is 7.21. The summed E-state index contributed by atoms with van der Waals surface area (Å²) in [5.41, 5.74) is 8.67. The molecule has 1 aliphatic rings. The van der Waals surface area contributed by atoms with E-state index in [2.05, 4.69) is 53.2 Å². The minimum Gasteiger partial charge on any atom is -0.491 e. The van der Waals surface area contributed by atoms with Gasteiger partial charge < -0.3 is 15.5 Å². The van der Waals surface area contributed by atoms with Gasteiger partial charge in [0.2, 0.25) is 0 Å². The summed E-state index contributed by atoms with van der Waals surface area (Å²) >= 11 is 0. The molecule has 1 heterocycles. The molecule has 4 rings (SSSR count). The molecule has 29 heavy (non-hydrogen) atoms. The van der Waals surface area contributed by atoms with Crippen molar-refractivity contribution in [1.82, 2.24) is 5.43 Å². The average Bonchev–Trinajstić information content (AvgIpc) is 3.01. The fourth-order valence-electron chi connectivity index (χ4n) is 4.09. The number of nitrogens with one attached hydrogen (secondary N) is 3. The first-order chi connectivity index (χ1) is 14.2. The first kappa shape index (κ1) is 19.0. The molecule has 1 aliphatic heterocycles. The van der Waals surface area contributed by atoms with Crippen LogP contribution in [0.1, 0.15) is 35.4 Å². The lowest BCUT2D eigenvalue weighted by Gasteiger charge is -2.22. The maximum atomic E-state index is 8.19. The van der Waals surface area contributed by atoms with Gasteiger partial charge in [-0.25, -0.2) is 5.84 Å². The highest BCUT2D eigenvalue weighted by atomic mass is 16.5. The minimum absolute atomic E-state index is 0.192. The predicted molar refractivity (Wildman–Crippen MR) is 119 cm³/mol. The van der Waals surface area contributed by atoms with Crippen LogP contribution in [-0.4, -0.2) is 19.5 Å². The summed E-state index contributed by atoms with van der Waals surface area (Å²) in [6.45, 7) is 0.711. The number of rotatable bonds is 4. The summed E-state index contributed by atoms with van der Waals surface area (Å²) in [7, 11) is 1.92. The third-order valence-electron chi connectivity index (χ3n) is 5.50. The zero-order valence-corrected chi connectivity index (χ0v) is 16.5. The summed E-state index contributed by atoms with van der Waals surface area (Å²) in [6.07, 6.45) is 2.04. The molecule has 1 atom stereocenters. The molecule has 0 aliphatic carbocycles. The zero-order valence-electron chi connectivity index (χ0n) is 16.5. The lowest BCUT2D eigenvalue weighted by Crippen LogP contribution is -2.30. The highest BCUT2D eigenvalue weighted by Gasteiger charge is 2.25. The van der Waals surface area contributed by atoms with Gasteiger partial charge in [0.05, 0.1) is 12.3 Å². The van der Waals surface area contributed by atoms with Crippen LogP contribution in [0.5, 0.6) is 5.75 Å². The average molecular weight is 386 g/mol. The molecule has 1 unspecified atom stereocenters. The van der Waals surface area contributed by atoms with E-state index < -0.39 is 0 Å². The van der Waals surface area contributed by atoms with Crippen LogP contribution in [-0.2, 0) is 0 Å². The van der Waals surface area contributed by atoms with Crippen molar-refractivity contribution in [2.75, 3.05) is 19.0 Å². The van der Waals surface area contributed by atoms with Gasteiger partial charge in [-0.05, 0) is 41.7 Å². The van der Waals surface area contributed by atoms with Crippen molar-refractivity contribution in [3.05, 3.63) is 83.4 Å². The third-order valence-corrected chi connectivity index (χ3v) is 5.50. The number of hydrazine groups is 1. The summed E-state index contributed by atoms with van der Waals surface area (Å²) in [5.74, 6) is 6.91. The van der Waals surface area contributed by atoms with Crippen LogP contribution in [0, 0.1) is 5.41 Å². The van der Waals surface area contributed by atoms with Crippen LogP contribution in [0.4, 0.5) is 5.69 Å². The Bertz CT molecular complexity index is 1020. The van der Waals surface area contributed by atoms with Crippen molar-refractivity contribution >= 4 is 11.5 Å². The van der Waals surface area contributed by atoms with E-state index in [-0.39, 0.29) is 11.8 Å². The van der Waals surface area contributed by atoms with E-state index >= 15 is 0 Å². The Hall–Kier alpha value is -3.31. The molecule has 0 radical (unpaired) electrons. The largest absolute Gasteiger partial charge is 0.491 e. The van der Waals surface area contributed by atoms with Crippen LogP contribution in [0.2, 0.25) is 0 Å². The molecule has 5 nitrogen and oxygen atoms in total. The summed E-state index contributed by atoms with van der Waals surface area (Å²) in [5, 5.41) is 11.5. The van der Waals surface area contributed by atoms with Gasteiger partial charge in [-0.3, -0.25) is 5.41 Å². The third kappa shape index (κ3) is 3.69. The second-order valence-electron chi connectivity index (χ2n) is 7.21. The fraction of sp³-hybridized carbons (Fsp3) is 0.208. The Morgan fingerprint density at radius 2 is 1.83 bits per heavy atom. The standard InChI is InChI=1S/C24H26N4O/c1-27-22-15-17(19-10-5-6-11-20(19)24(25)28-26)14-21-18(12-7-13-29-23(21)22)16-8-3-2-4-9-16/h2-6,8-11,14-15,18,27H,7,12-13,26H2,1H3,(H2,25,28). The first-order valence-electron chi connectivity index (χ1n) is 9.91. The number of nitrogens with two attached hydrogens (primary N) is 1. The summed E-state index contributed by atoms with van der Waals surface area (Å²) in [4.78, 5) is 0. The Kier molecular flexibility index (Phi) is 5.49. The lowest BCUT2D eigenvalue weighted by atomic mass is 9.85. The number of ether oxygens (including phenoxy) is 1. The molecule has 0 saturated heterocycles. The van der Waals surface area contributed by atoms with Gasteiger partial charge in [0.15, 0.2) is 0 Å². The maximum Gasteiger partial charge on any atom is 0.146 e. The van der Waals surface area contributed by atoms with Crippen molar-refractivity contribution < 1.29 is 4.74 Å². The molecule has 0 amide bonds. The van der Waals surface area contributed by atoms with Crippen LogP contribution >= 0.6 is 0 Å². The first-order valence-corrected chi connectivity index (χ1v) is 9.91. The van der Waals surface area contributed by atoms with Crippen molar-refractivity contribution in [3.8, 4) is 16.9 Å². The SMILES string of the molecule is CNc1cc(-c2ccccc2C(=N)NN)cc2c1OCCCC2c1ccccc1. The van der Waals surface area contributed by atoms with Crippen LogP contribution in [0.15, 0.2) is 66.7 Å². The van der Waals surface area contributed by atoms with Crippen molar-refractivity contribution in [3.63, 3.8) is 0 Å². The number of benzene rings is 3. The monoisotopic (exact) mass is 386 g/mol. The molecule has 0 aromatic heterocycles. The fourth-order valence-corrected chi connectivity index (χ4v) is 4.09. The number of hydrogen-bond donors (Lipinski definition) is 4. The molecular formula is C24H26N4O. The Labute approximate surface area is 171 Å². The van der Waals surface area contributed by atoms with Gasteiger partial charge >= 0.3 is 0 Å². The Morgan fingerprint density at radius 3 is 2.59 bits per heavy atom. The molecule has 0 bridgehead atoms. The second kappa shape index (κ2) is 8.37. The zero-order chi connectivity index (χ0) is 20.2. The lowest BCUT2D eigenvalue weighted by molar-refractivity contribution is 0.318. The molecular weight excluding hydrogens is 360 g/mol. The summed E-state index contributed by atoms with van der Waals surface area (Å²) in [6, 6.07) is 22.7. The van der Waals surface area contributed by atoms with E-state index in [1.165, 1.54) is 11.1 Å². The normalized spacial score (nSPS) is 15.6. The van der Waals surface area contributed by atoms with Crippen molar-refractivity contribution in [1.29, 1.82) is 5.41 Å². The topological polar surface area (TPSA) is 83.2 Å². The van der Waals surface area contributed by atoms with Gasteiger partial charge in [-0.2, -0.15) is 0 Å². The molecule has 5 N–H and O–H groups in total. The van der Waals surface area contributed by atoms with Gasteiger partial charge in [-0.15, -0.1) is 0 Å². The number of anilines is 1. The van der Waals surface area contributed by atoms with Gasteiger partial charge in [0.1, 0.15) is 11.6 Å². The van der Waals surface area contributed by atoms with E-state index in [9.17, 15) is 0 Å². The van der Waals surface area contributed by atoms with Gasteiger partial charge in [0, 0.05) is 24.1 Å². The highest BCUT2D eigenvalue weighted by molar-refractivity contribution is 6.02. The molecule has 5 heteroatoms. The van der Waals surface area contributed by atoms with Crippen LogP contribution in [0.3, 0.4) is 0 Å². The van der Waals surface area contributed by atoms with E-state index in [1.807, 2.05) is 31.3 Å². The van der Waals surface area contributed by atoms with Gasteiger partial charge in [-0.1, -0.05) is 54.6 Å². The highest BCUT2D eigenvalue weighted by Crippen LogP contribution is 2.44. The quantitative estimate of drug-likeness (QED) is 0.230. The molecule has 0 spiro atoms. The van der Waals surface area contributed by atoms with E-state index in [0.29, 0.717) is 6.61 Å². The maximum absolute atomic E-state index is 8.19. The Morgan fingerprint density at radius 1 is 1.07 bits per heavy atom. The number of amidine groups is 1. The van der Waals surface area contributed by atoms with E-state index in [1.54, 1.807) is 0 Å². The molecule has 0 saturated carbocycles. The number of hydrogen-bond acceptors (Lipinski definition) is 4. The van der Waals surface area contributed by atoms with E-state index in [4.69, 9.17) is 16.0 Å². The smallest absolute Gasteiger partial charge is 0.146 e. The molecule has 0 fully saturated rings. The van der Waals surface area contributed by atoms with Crippen molar-refractivity contribution in [2.45, 2.75) is 18.8 Å². The molecule has 3 aromatic rings. The van der Waals surface area contributed by atoms with Gasteiger partial charge in [0.25, 0.3) is 0 Å². The van der Waals surface area contributed by atoms with E-state index in [0.717, 1.165) is 41.0 Å². The molecule has 148 valence electrons.